The van der Waals surface area contributed by atoms with Crippen LogP contribution in [0.15, 0.2) is 0 Å². The number of rotatable bonds is 4. The van der Waals surface area contributed by atoms with Crippen molar-refractivity contribution < 1.29 is 0 Å². The molecule has 2 heteroatoms. The van der Waals surface area contributed by atoms with Gasteiger partial charge in [-0.25, -0.2) is 0 Å². The first-order valence-electron chi connectivity index (χ1n) is 5.09. The van der Waals surface area contributed by atoms with E-state index in [1.54, 1.807) is 0 Å². The minimum absolute atomic E-state index is 0.827. The van der Waals surface area contributed by atoms with Crippen LogP contribution in [0, 0.1) is 0 Å². The quantitative estimate of drug-likeness (QED) is 0.726. The number of hydrogen-bond acceptors (Lipinski definition) is 2. The Kier molecular flexibility index (Phi) is 5.08. The van der Waals surface area contributed by atoms with Crippen LogP contribution in [-0.4, -0.2) is 24.1 Å². The van der Waals surface area contributed by atoms with Crippen molar-refractivity contribution in [3.05, 3.63) is 0 Å². The zero-order valence-corrected chi connectivity index (χ0v) is 9.12. The third-order valence-electron chi connectivity index (χ3n) is 2.74. The maximum Gasteiger partial charge on any atom is 0.00674 e. The molecule has 2 atom stereocenters. The van der Waals surface area contributed by atoms with Crippen molar-refractivity contribution in [3.63, 3.8) is 0 Å². The molecule has 0 amide bonds. The van der Waals surface area contributed by atoms with E-state index < -0.39 is 0 Å². The smallest absolute Gasteiger partial charge is 0.00674 e. The van der Waals surface area contributed by atoms with E-state index in [9.17, 15) is 0 Å². The fourth-order valence-electron chi connectivity index (χ4n) is 1.72. The Labute approximate surface area is 80.7 Å². The number of hydrogen-bond donors (Lipinski definition) is 1. The van der Waals surface area contributed by atoms with E-state index in [-0.39, 0.29) is 0 Å². The second kappa shape index (κ2) is 5.87. The summed E-state index contributed by atoms with van der Waals surface area (Å²) in [6, 6.07) is 0.827. The lowest BCUT2D eigenvalue weighted by Crippen LogP contribution is -2.34. The molecule has 1 aliphatic rings. The Morgan fingerprint density at radius 2 is 2.33 bits per heavy atom. The maximum absolute atomic E-state index is 3.59. The minimum atomic E-state index is 0.827. The molecule has 1 N–H and O–H groups in total. The molecule has 2 unspecified atom stereocenters. The van der Waals surface area contributed by atoms with Crippen molar-refractivity contribution >= 4 is 11.8 Å². The molecule has 1 nitrogen and oxygen atoms in total. The van der Waals surface area contributed by atoms with Crippen LogP contribution >= 0.6 is 11.8 Å². The molecule has 0 saturated carbocycles. The largest absolute Gasteiger partial charge is 0.314 e. The fourth-order valence-corrected chi connectivity index (χ4v) is 2.10. The highest BCUT2D eigenvalue weighted by molar-refractivity contribution is 7.99. The van der Waals surface area contributed by atoms with Crippen molar-refractivity contribution in [2.45, 2.75) is 50.3 Å². The molecule has 12 heavy (non-hydrogen) atoms. The molecular formula is C10H21NS. The van der Waals surface area contributed by atoms with E-state index in [0.29, 0.717) is 0 Å². The van der Waals surface area contributed by atoms with Crippen molar-refractivity contribution in [2.24, 2.45) is 0 Å². The third-order valence-corrected chi connectivity index (χ3v) is 3.78. The van der Waals surface area contributed by atoms with Gasteiger partial charge in [-0.2, -0.15) is 11.8 Å². The molecule has 0 spiro atoms. The zero-order chi connectivity index (χ0) is 8.81. The molecule has 72 valence electrons. The van der Waals surface area contributed by atoms with E-state index in [1.807, 2.05) is 11.8 Å². The van der Waals surface area contributed by atoms with Crippen LogP contribution in [0.1, 0.15) is 39.0 Å². The summed E-state index contributed by atoms with van der Waals surface area (Å²) < 4.78 is 0. The standard InChI is InChI=1S/C10H21NS/c1-9(12-2)6-7-10-5-3-4-8-11-10/h9-11H,3-8H2,1-2H3. The molecule has 1 aliphatic heterocycles. The second-order valence-electron chi connectivity index (χ2n) is 3.77. The lowest BCUT2D eigenvalue weighted by atomic mass is 10.00. The van der Waals surface area contributed by atoms with Gasteiger partial charge in [-0.15, -0.1) is 0 Å². The minimum Gasteiger partial charge on any atom is -0.314 e. The third kappa shape index (κ3) is 3.81. The molecule has 0 radical (unpaired) electrons. The SMILES string of the molecule is CSC(C)CCC1CCCCN1. The summed E-state index contributed by atoms with van der Waals surface area (Å²) in [6.07, 6.45) is 9.18. The Hall–Kier alpha value is 0.310. The summed E-state index contributed by atoms with van der Waals surface area (Å²) in [7, 11) is 0. The first-order valence-corrected chi connectivity index (χ1v) is 6.38. The Bertz CT molecular complexity index is 110. The van der Waals surface area contributed by atoms with E-state index in [0.717, 1.165) is 11.3 Å². The van der Waals surface area contributed by atoms with Gasteiger partial charge in [-0.3, -0.25) is 0 Å². The van der Waals surface area contributed by atoms with Gasteiger partial charge in [-0.1, -0.05) is 13.3 Å². The first-order chi connectivity index (χ1) is 5.83. The summed E-state index contributed by atoms with van der Waals surface area (Å²) in [4.78, 5) is 0. The molecule has 1 rings (SSSR count). The molecule has 1 heterocycles. The highest BCUT2D eigenvalue weighted by Crippen LogP contribution is 2.17. The van der Waals surface area contributed by atoms with Crippen molar-refractivity contribution in [1.29, 1.82) is 0 Å². The van der Waals surface area contributed by atoms with Gasteiger partial charge in [0.25, 0.3) is 0 Å². The number of thioether (sulfide) groups is 1. The van der Waals surface area contributed by atoms with Gasteiger partial charge in [0.2, 0.25) is 0 Å². The lowest BCUT2D eigenvalue weighted by molar-refractivity contribution is 0.376. The summed E-state index contributed by atoms with van der Waals surface area (Å²) >= 11 is 1.99. The van der Waals surface area contributed by atoms with Gasteiger partial charge in [0.1, 0.15) is 0 Å². The second-order valence-corrected chi connectivity index (χ2v) is 5.05. The van der Waals surface area contributed by atoms with E-state index in [1.165, 1.54) is 38.6 Å². The predicted molar refractivity (Wildman–Crippen MR) is 57.9 cm³/mol. The van der Waals surface area contributed by atoms with Gasteiger partial charge < -0.3 is 5.32 Å². The highest BCUT2D eigenvalue weighted by atomic mass is 32.2. The van der Waals surface area contributed by atoms with Gasteiger partial charge in [-0.05, 0) is 38.5 Å². The van der Waals surface area contributed by atoms with E-state index in [4.69, 9.17) is 0 Å². The lowest BCUT2D eigenvalue weighted by Gasteiger charge is -2.24. The normalized spacial score (nSPS) is 27.0. The summed E-state index contributed by atoms with van der Waals surface area (Å²) in [6.45, 7) is 3.58. The van der Waals surface area contributed by atoms with Gasteiger partial charge >= 0.3 is 0 Å². The van der Waals surface area contributed by atoms with Crippen molar-refractivity contribution in [3.8, 4) is 0 Å². The summed E-state index contributed by atoms with van der Waals surface area (Å²) in [5.41, 5.74) is 0. The van der Waals surface area contributed by atoms with Crippen LogP contribution < -0.4 is 5.32 Å². The molecule has 1 fully saturated rings. The average Bonchev–Trinajstić information content (AvgIpc) is 2.16. The molecule has 0 aromatic heterocycles. The molecular weight excluding hydrogens is 166 g/mol. The van der Waals surface area contributed by atoms with E-state index in [2.05, 4.69) is 18.5 Å². The van der Waals surface area contributed by atoms with Crippen LogP contribution in [0.25, 0.3) is 0 Å². The van der Waals surface area contributed by atoms with Crippen LogP contribution in [0.4, 0.5) is 0 Å². The molecule has 0 aliphatic carbocycles. The predicted octanol–water partition coefficient (Wildman–Crippen LogP) is 2.66. The maximum atomic E-state index is 3.59. The Morgan fingerprint density at radius 1 is 1.50 bits per heavy atom. The molecule has 1 saturated heterocycles. The fraction of sp³-hybridized carbons (Fsp3) is 1.00. The zero-order valence-electron chi connectivity index (χ0n) is 8.31. The Morgan fingerprint density at radius 3 is 2.92 bits per heavy atom. The monoisotopic (exact) mass is 187 g/mol. The van der Waals surface area contributed by atoms with Gasteiger partial charge in [0.15, 0.2) is 0 Å². The number of nitrogens with one attached hydrogen (secondary N) is 1. The summed E-state index contributed by atoms with van der Waals surface area (Å²) in [5, 5.41) is 4.43. The molecule has 0 bridgehead atoms. The van der Waals surface area contributed by atoms with Crippen LogP contribution in [0.3, 0.4) is 0 Å². The van der Waals surface area contributed by atoms with Crippen LogP contribution in [-0.2, 0) is 0 Å². The van der Waals surface area contributed by atoms with Crippen LogP contribution in [0.2, 0.25) is 0 Å². The first kappa shape index (κ1) is 10.4. The van der Waals surface area contributed by atoms with Crippen LogP contribution in [0.5, 0.6) is 0 Å². The number of piperidine rings is 1. The summed E-state index contributed by atoms with van der Waals surface area (Å²) in [5.74, 6) is 0. The van der Waals surface area contributed by atoms with Crippen molar-refractivity contribution in [2.75, 3.05) is 12.8 Å². The highest BCUT2D eigenvalue weighted by Gasteiger charge is 2.12. The Balaban J connectivity index is 2.05. The van der Waals surface area contributed by atoms with E-state index >= 15 is 0 Å². The van der Waals surface area contributed by atoms with Gasteiger partial charge in [0.05, 0.1) is 0 Å². The average molecular weight is 187 g/mol. The van der Waals surface area contributed by atoms with Crippen molar-refractivity contribution in [1.82, 2.24) is 5.32 Å². The topological polar surface area (TPSA) is 12.0 Å². The molecule has 0 aromatic carbocycles. The molecule has 0 aromatic rings. The van der Waals surface area contributed by atoms with Gasteiger partial charge in [0, 0.05) is 11.3 Å².